The van der Waals surface area contributed by atoms with E-state index in [0.717, 1.165) is 12.1 Å². The molecule has 1 aromatic carbocycles. The topological polar surface area (TPSA) is 46.6 Å². The van der Waals surface area contributed by atoms with Gasteiger partial charge in [0.1, 0.15) is 11.6 Å². The molecule has 0 radical (unpaired) electrons. The average Bonchev–Trinajstić information content (AvgIpc) is 2.31. The molecule has 2 rings (SSSR count). The number of halogens is 3. The number of amides is 1. The fourth-order valence-corrected chi connectivity index (χ4v) is 2.13. The molecule has 102 valence electrons. The lowest BCUT2D eigenvalue weighted by Crippen LogP contribution is -2.53. The number of benzene rings is 1. The van der Waals surface area contributed by atoms with E-state index in [1.807, 2.05) is 0 Å². The van der Waals surface area contributed by atoms with Gasteiger partial charge in [-0.3, -0.25) is 9.59 Å². The minimum atomic E-state index is -0.806. The predicted molar refractivity (Wildman–Crippen MR) is 65.5 cm³/mol. The summed E-state index contributed by atoms with van der Waals surface area (Å²) < 4.78 is 31.4. The van der Waals surface area contributed by atoms with E-state index in [1.54, 1.807) is 0 Å². The van der Waals surface area contributed by atoms with Crippen LogP contribution in [0.1, 0.15) is 10.4 Å². The van der Waals surface area contributed by atoms with Gasteiger partial charge < -0.3 is 9.64 Å². The maximum Gasteiger partial charge on any atom is 0.312 e. The van der Waals surface area contributed by atoms with E-state index in [1.165, 1.54) is 12.0 Å². The first-order chi connectivity index (χ1) is 8.93. The molecule has 7 heteroatoms. The zero-order valence-electron chi connectivity index (χ0n) is 9.95. The molecule has 1 aliphatic rings. The third-order valence-corrected chi connectivity index (χ3v) is 3.55. The van der Waals surface area contributed by atoms with E-state index in [4.69, 9.17) is 0 Å². The number of carbonyl (C=O) groups excluding carboxylic acids is 2. The molecular formula is C12H10BrF2NO3. The SMILES string of the molecule is COC(=O)C1CN(C(=O)c2cc(F)c(Br)cc2F)C1. The number of ether oxygens (including phenoxy) is 1. The van der Waals surface area contributed by atoms with Gasteiger partial charge in [0.25, 0.3) is 5.91 Å². The zero-order valence-corrected chi connectivity index (χ0v) is 11.5. The van der Waals surface area contributed by atoms with Crippen molar-refractivity contribution < 1.29 is 23.1 Å². The van der Waals surface area contributed by atoms with E-state index in [9.17, 15) is 18.4 Å². The van der Waals surface area contributed by atoms with E-state index in [-0.39, 0.29) is 23.1 Å². The predicted octanol–water partition coefficient (Wildman–Crippen LogP) is 1.97. The minimum Gasteiger partial charge on any atom is -0.469 e. The van der Waals surface area contributed by atoms with Gasteiger partial charge in [-0.25, -0.2) is 8.78 Å². The van der Waals surface area contributed by atoms with Crippen LogP contribution in [-0.4, -0.2) is 37.0 Å². The molecule has 0 bridgehead atoms. The van der Waals surface area contributed by atoms with Crippen molar-refractivity contribution in [1.29, 1.82) is 0 Å². The van der Waals surface area contributed by atoms with Crippen molar-refractivity contribution in [2.45, 2.75) is 0 Å². The van der Waals surface area contributed by atoms with Gasteiger partial charge in [0.2, 0.25) is 0 Å². The molecule has 0 spiro atoms. The number of hydrogen-bond acceptors (Lipinski definition) is 3. The molecule has 0 aromatic heterocycles. The summed E-state index contributed by atoms with van der Waals surface area (Å²) in [5, 5.41) is 0. The molecule has 0 atom stereocenters. The van der Waals surface area contributed by atoms with Gasteiger partial charge in [-0.1, -0.05) is 0 Å². The molecule has 1 saturated heterocycles. The third-order valence-electron chi connectivity index (χ3n) is 2.94. The van der Waals surface area contributed by atoms with Gasteiger partial charge in [-0.15, -0.1) is 0 Å². The van der Waals surface area contributed by atoms with Gasteiger partial charge >= 0.3 is 5.97 Å². The van der Waals surface area contributed by atoms with Crippen molar-refractivity contribution in [2.24, 2.45) is 5.92 Å². The molecule has 0 unspecified atom stereocenters. The normalized spacial score (nSPS) is 15.1. The second kappa shape index (κ2) is 5.24. The molecule has 1 amide bonds. The van der Waals surface area contributed by atoms with Crippen LogP contribution in [0.2, 0.25) is 0 Å². The minimum absolute atomic E-state index is 0.0439. The number of likely N-dealkylation sites (tertiary alicyclic amines) is 1. The summed E-state index contributed by atoms with van der Waals surface area (Å²) in [4.78, 5) is 24.4. The number of esters is 1. The lowest BCUT2D eigenvalue weighted by atomic mass is 9.99. The van der Waals surface area contributed by atoms with E-state index >= 15 is 0 Å². The average molecular weight is 334 g/mol. The number of rotatable bonds is 2. The Morgan fingerprint density at radius 2 is 1.95 bits per heavy atom. The van der Waals surface area contributed by atoms with Gasteiger partial charge in [-0.2, -0.15) is 0 Å². The van der Waals surface area contributed by atoms with Crippen LogP contribution >= 0.6 is 15.9 Å². The summed E-state index contributed by atoms with van der Waals surface area (Å²) in [7, 11) is 1.26. The van der Waals surface area contributed by atoms with Crippen molar-refractivity contribution >= 4 is 27.8 Å². The second-order valence-corrected chi connectivity index (χ2v) is 5.03. The van der Waals surface area contributed by atoms with E-state index in [2.05, 4.69) is 20.7 Å². The Labute approximate surface area is 116 Å². The van der Waals surface area contributed by atoms with Crippen molar-refractivity contribution in [3.8, 4) is 0 Å². The highest BCUT2D eigenvalue weighted by Crippen LogP contribution is 2.24. The lowest BCUT2D eigenvalue weighted by Gasteiger charge is -2.37. The molecule has 1 aromatic rings. The number of nitrogens with zero attached hydrogens (tertiary/aromatic N) is 1. The third kappa shape index (κ3) is 2.60. The lowest BCUT2D eigenvalue weighted by molar-refractivity contribution is -0.149. The maximum atomic E-state index is 13.6. The summed E-state index contributed by atoms with van der Waals surface area (Å²) >= 11 is 2.83. The van der Waals surface area contributed by atoms with Crippen LogP contribution in [0.4, 0.5) is 8.78 Å². The molecule has 1 aliphatic heterocycles. The smallest absolute Gasteiger partial charge is 0.312 e. The Bertz CT molecular complexity index is 544. The first-order valence-corrected chi connectivity index (χ1v) is 6.25. The molecular weight excluding hydrogens is 324 g/mol. The van der Waals surface area contributed by atoms with Crippen LogP contribution < -0.4 is 0 Å². The molecule has 4 nitrogen and oxygen atoms in total. The highest BCUT2D eigenvalue weighted by atomic mass is 79.9. The van der Waals surface area contributed by atoms with Crippen LogP contribution in [0.25, 0.3) is 0 Å². The van der Waals surface area contributed by atoms with Gasteiger partial charge in [0.05, 0.1) is 23.1 Å². The van der Waals surface area contributed by atoms with Crippen molar-refractivity contribution in [2.75, 3.05) is 20.2 Å². The van der Waals surface area contributed by atoms with Gasteiger partial charge in [0, 0.05) is 13.1 Å². The highest BCUT2D eigenvalue weighted by Gasteiger charge is 2.37. The van der Waals surface area contributed by atoms with E-state index < -0.39 is 29.4 Å². The van der Waals surface area contributed by atoms with Crippen molar-refractivity contribution in [1.82, 2.24) is 4.90 Å². The molecule has 0 aliphatic carbocycles. The summed E-state index contributed by atoms with van der Waals surface area (Å²) in [6.07, 6.45) is 0. The number of hydrogen-bond donors (Lipinski definition) is 0. The highest BCUT2D eigenvalue weighted by molar-refractivity contribution is 9.10. The van der Waals surface area contributed by atoms with Crippen LogP contribution in [0.5, 0.6) is 0 Å². The van der Waals surface area contributed by atoms with Crippen LogP contribution in [0.3, 0.4) is 0 Å². The number of carbonyl (C=O) groups is 2. The molecule has 0 saturated carbocycles. The Balaban J connectivity index is 2.10. The van der Waals surface area contributed by atoms with E-state index in [0.29, 0.717) is 0 Å². The first kappa shape index (κ1) is 13.9. The largest absolute Gasteiger partial charge is 0.469 e. The standard InChI is InChI=1S/C12H10BrF2NO3/c1-19-12(18)6-4-16(5-6)11(17)7-2-10(15)8(13)3-9(7)14/h2-3,6H,4-5H2,1H3. The van der Waals surface area contributed by atoms with Crippen molar-refractivity contribution in [3.05, 3.63) is 33.8 Å². The molecule has 1 heterocycles. The second-order valence-electron chi connectivity index (χ2n) is 4.18. The van der Waals surface area contributed by atoms with Gasteiger partial charge in [0.15, 0.2) is 0 Å². The van der Waals surface area contributed by atoms with Crippen LogP contribution in [0, 0.1) is 17.6 Å². The zero-order chi connectivity index (χ0) is 14.2. The Morgan fingerprint density at radius 3 is 2.53 bits per heavy atom. The first-order valence-electron chi connectivity index (χ1n) is 5.45. The monoisotopic (exact) mass is 333 g/mol. The van der Waals surface area contributed by atoms with Crippen LogP contribution in [0.15, 0.2) is 16.6 Å². The Morgan fingerprint density at radius 1 is 1.32 bits per heavy atom. The maximum absolute atomic E-state index is 13.6. The number of methoxy groups -OCH3 is 1. The summed E-state index contributed by atoms with van der Waals surface area (Å²) in [6.45, 7) is 0.311. The molecule has 0 N–H and O–H groups in total. The van der Waals surface area contributed by atoms with Crippen molar-refractivity contribution in [3.63, 3.8) is 0 Å². The molecule has 1 fully saturated rings. The van der Waals surface area contributed by atoms with Gasteiger partial charge in [-0.05, 0) is 28.1 Å². The Kier molecular flexibility index (Phi) is 3.84. The van der Waals surface area contributed by atoms with Crippen LogP contribution in [-0.2, 0) is 9.53 Å². The quantitative estimate of drug-likeness (QED) is 0.614. The molecule has 19 heavy (non-hydrogen) atoms. The summed E-state index contributed by atoms with van der Waals surface area (Å²) in [5.41, 5.74) is -0.344. The fraction of sp³-hybridized carbons (Fsp3) is 0.333. The Hall–Kier alpha value is -1.50. The summed E-state index contributed by atoms with van der Waals surface area (Å²) in [6, 6.07) is 1.74. The summed E-state index contributed by atoms with van der Waals surface area (Å²) in [5.74, 6) is -2.96. The fourth-order valence-electron chi connectivity index (χ4n) is 1.82.